The molecule has 3 aromatic rings. The quantitative estimate of drug-likeness (QED) is 0.377. The van der Waals surface area contributed by atoms with Crippen LogP contribution in [0.1, 0.15) is 31.9 Å². The number of anilines is 1. The highest BCUT2D eigenvalue weighted by Crippen LogP contribution is 2.25. The van der Waals surface area contributed by atoms with E-state index in [1.807, 2.05) is 81.4 Å². The van der Waals surface area contributed by atoms with Gasteiger partial charge in [-0.3, -0.25) is 13.9 Å². The van der Waals surface area contributed by atoms with Crippen molar-refractivity contribution >= 4 is 39.1 Å². The monoisotopic (exact) mass is 573 g/mol. The Bertz CT molecular complexity index is 1400. The molecule has 0 heterocycles. The number of hydrogen-bond donors (Lipinski definition) is 1. The van der Waals surface area contributed by atoms with E-state index < -0.39 is 39.9 Å². The molecule has 1 atom stereocenters. The summed E-state index contributed by atoms with van der Waals surface area (Å²) >= 11 is 5.91. The molecule has 3 rings (SSSR count). The first-order valence-corrected chi connectivity index (χ1v) is 14.6. The maximum Gasteiger partial charge on any atom is 0.244 e. The zero-order valence-corrected chi connectivity index (χ0v) is 24.0. The minimum Gasteiger partial charge on any atom is -0.350 e. The lowest BCUT2D eigenvalue weighted by Crippen LogP contribution is -2.56. The van der Waals surface area contributed by atoms with Gasteiger partial charge < -0.3 is 10.2 Å². The van der Waals surface area contributed by atoms with E-state index in [1.54, 1.807) is 0 Å². The number of hydrogen-bond acceptors (Lipinski definition) is 4. The minimum atomic E-state index is -3.98. The molecule has 0 radical (unpaired) electrons. The van der Waals surface area contributed by atoms with Gasteiger partial charge in [0.15, 0.2) is 0 Å². The molecule has 3 aromatic carbocycles. The smallest absolute Gasteiger partial charge is 0.244 e. The first kappa shape index (κ1) is 30.1. The van der Waals surface area contributed by atoms with Gasteiger partial charge in [0.1, 0.15) is 18.4 Å². The van der Waals surface area contributed by atoms with Crippen LogP contribution in [0.2, 0.25) is 5.02 Å². The Kier molecular flexibility index (Phi) is 9.74. The van der Waals surface area contributed by atoms with Gasteiger partial charge in [0.05, 0.1) is 17.0 Å². The zero-order chi connectivity index (χ0) is 28.8. The number of sulfonamides is 1. The summed E-state index contributed by atoms with van der Waals surface area (Å²) < 4.78 is 40.2. The second-order valence-corrected chi connectivity index (χ2v) is 12.6. The molecule has 0 bridgehead atoms. The standard InChI is InChI=1S/C29H33ClFN3O4S/c1-29(2,3)32-28(36)26(17-21-11-7-5-8-12-21)33(19-22-13-9-6-10-14-22)27(35)20-34(39(4,37)38)23-15-16-25(31)24(30)18-23/h5-16,18,26H,17,19-20H2,1-4H3,(H,32,36)/t26-/m1/s1. The van der Waals surface area contributed by atoms with Crippen LogP contribution in [0, 0.1) is 5.82 Å². The Morgan fingerprint density at radius 3 is 2.03 bits per heavy atom. The molecule has 0 saturated heterocycles. The van der Waals surface area contributed by atoms with Crippen LogP contribution in [0.15, 0.2) is 78.9 Å². The Hall–Kier alpha value is -3.43. The fraction of sp³-hybridized carbons (Fsp3) is 0.310. The molecule has 0 aliphatic heterocycles. The van der Waals surface area contributed by atoms with Gasteiger partial charge in [-0.1, -0.05) is 72.3 Å². The first-order chi connectivity index (χ1) is 18.2. The lowest BCUT2D eigenvalue weighted by Gasteiger charge is -2.35. The fourth-order valence-corrected chi connectivity index (χ4v) is 5.06. The van der Waals surface area contributed by atoms with Crippen LogP contribution in [-0.2, 0) is 32.6 Å². The summed E-state index contributed by atoms with van der Waals surface area (Å²) in [7, 11) is -3.98. The molecular formula is C29H33ClFN3O4S. The van der Waals surface area contributed by atoms with Crippen LogP contribution in [0.4, 0.5) is 10.1 Å². The predicted molar refractivity (Wildman–Crippen MR) is 152 cm³/mol. The van der Waals surface area contributed by atoms with Gasteiger partial charge in [0, 0.05) is 18.5 Å². The topological polar surface area (TPSA) is 86.8 Å². The Labute approximate surface area is 234 Å². The number of rotatable bonds is 10. The van der Waals surface area contributed by atoms with E-state index in [1.165, 1.54) is 11.0 Å². The Morgan fingerprint density at radius 2 is 1.51 bits per heavy atom. The molecule has 7 nitrogen and oxygen atoms in total. The molecule has 0 aliphatic rings. The van der Waals surface area contributed by atoms with Crippen molar-refractivity contribution in [3.05, 3.63) is 101 Å². The highest BCUT2D eigenvalue weighted by atomic mass is 35.5. The van der Waals surface area contributed by atoms with Crippen molar-refractivity contribution < 1.29 is 22.4 Å². The molecule has 0 fully saturated rings. The van der Waals surface area contributed by atoms with Crippen LogP contribution in [0.3, 0.4) is 0 Å². The predicted octanol–water partition coefficient (Wildman–Crippen LogP) is 4.80. The average molecular weight is 574 g/mol. The van der Waals surface area contributed by atoms with E-state index in [2.05, 4.69) is 5.32 Å². The molecule has 1 N–H and O–H groups in total. The van der Waals surface area contributed by atoms with Crippen molar-refractivity contribution in [1.29, 1.82) is 0 Å². The van der Waals surface area contributed by atoms with Crippen molar-refractivity contribution in [2.45, 2.75) is 45.3 Å². The number of amides is 2. The highest BCUT2D eigenvalue weighted by molar-refractivity contribution is 7.92. The summed E-state index contributed by atoms with van der Waals surface area (Å²) in [5.41, 5.74) is 1.07. The maximum absolute atomic E-state index is 14.0. The molecule has 208 valence electrons. The number of benzene rings is 3. The first-order valence-electron chi connectivity index (χ1n) is 12.4. The van der Waals surface area contributed by atoms with Gasteiger partial charge in [-0.25, -0.2) is 12.8 Å². The van der Waals surface area contributed by atoms with Crippen LogP contribution < -0.4 is 9.62 Å². The summed E-state index contributed by atoms with van der Waals surface area (Å²) in [6.07, 6.45) is 1.16. The summed E-state index contributed by atoms with van der Waals surface area (Å²) in [5, 5.41) is 2.69. The summed E-state index contributed by atoms with van der Waals surface area (Å²) in [6, 6.07) is 20.9. The summed E-state index contributed by atoms with van der Waals surface area (Å²) in [4.78, 5) is 29.0. The number of carbonyl (C=O) groups is 2. The van der Waals surface area contributed by atoms with E-state index in [4.69, 9.17) is 11.6 Å². The third kappa shape index (κ3) is 8.80. The zero-order valence-electron chi connectivity index (χ0n) is 22.4. The molecule has 0 saturated carbocycles. The highest BCUT2D eigenvalue weighted by Gasteiger charge is 2.34. The van der Waals surface area contributed by atoms with Crippen molar-refractivity contribution in [3.63, 3.8) is 0 Å². The van der Waals surface area contributed by atoms with Crippen LogP contribution in [-0.4, -0.2) is 49.5 Å². The van der Waals surface area contributed by atoms with Gasteiger partial charge in [0.25, 0.3) is 0 Å². The second kappa shape index (κ2) is 12.6. The van der Waals surface area contributed by atoms with Crippen LogP contribution in [0.25, 0.3) is 0 Å². The van der Waals surface area contributed by atoms with Gasteiger partial charge in [-0.05, 0) is 50.1 Å². The van der Waals surface area contributed by atoms with Gasteiger partial charge in [-0.15, -0.1) is 0 Å². The number of nitrogens with zero attached hydrogens (tertiary/aromatic N) is 2. The second-order valence-electron chi connectivity index (χ2n) is 10.3. The number of nitrogens with one attached hydrogen (secondary N) is 1. The molecule has 0 unspecified atom stereocenters. The van der Waals surface area contributed by atoms with Crippen molar-refractivity contribution in [2.24, 2.45) is 0 Å². The van der Waals surface area contributed by atoms with Crippen molar-refractivity contribution in [2.75, 3.05) is 17.1 Å². The van der Waals surface area contributed by atoms with E-state index >= 15 is 0 Å². The fourth-order valence-electron chi connectivity index (χ4n) is 4.04. The molecular weight excluding hydrogens is 541 g/mol. The summed E-state index contributed by atoms with van der Waals surface area (Å²) in [5.74, 6) is -1.69. The van der Waals surface area contributed by atoms with Crippen molar-refractivity contribution in [3.8, 4) is 0 Å². The Balaban J connectivity index is 2.06. The molecule has 0 aromatic heterocycles. The SMILES string of the molecule is CC(C)(C)NC(=O)[C@@H](Cc1ccccc1)N(Cc1ccccc1)C(=O)CN(c1ccc(F)c(Cl)c1)S(C)(=O)=O. The van der Waals surface area contributed by atoms with Crippen molar-refractivity contribution in [1.82, 2.24) is 10.2 Å². The minimum absolute atomic E-state index is 0.0377. The van der Waals surface area contributed by atoms with Gasteiger partial charge in [-0.2, -0.15) is 0 Å². The third-order valence-corrected chi connectivity index (χ3v) is 7.27. The van der Waals surface area contributed by atoms with Crippen LogP contribution in [0.5, 0.6) is 0 Å². The molecule has 0 aliphatic carbocycles. The molecule has 2 amide bonds. The largest absolute Gasteiger partial charge is 0.350 e. The van der Waals surface area contributed by atoms with Gasteiger partial charge >= 0.3 is 0 Å². The van der Waals surface area contributed by atoms with E-state index in [0.717, 1.165) is 33.8 Å². The molecule has 39 heavy (non-hydrogen) atoms. The lowest BCUT2D eigenvalue weighted by molar-refractivity contribution is -0.140. The normalized spacial score (nSPS) is 12.5. The molecule has 10 heteroatoms. The average Bonchev–Trinajstić information content (AvgIpc) is 2.86. The van der Waals surface area contributed by atoms with Gasteiger partial charge in [0.2, 0.25) is 21.8 Å². The Morgan fingerprint density at radius 1 is 0.949 bits per heavy atom. The number of carbonyl (C=O) groups excluding carboxylic acids is 2. The summed E-state index contributed by atoms with van der Waals surface area (Å²) in [6.45, 7) is 4.99. The maximum atomic E-state index is 14.0. The van der Waals surface area contributed by atoms with E-state index in [0.29, 0.717) is 0 Å². The third-order valence-electron chi connectivity index (χ3n) is 5.84. The number of halogens is 2. The molecule has 0 spiro atoms. The van der Waals surface area contributed by atoms with E-state index in [9.17, 15) is 22.4 Å². The van der Waals surface area contributed by atoms with E-state index in [-0.39, 0.29) is 29.6 Å². The lowest BCUT2D eigenvalue weighted by atomic mass is 10.0. The van der Waals surface area contributed by atoms with Crippen LogP contribution >= 0.6 is 11.6 Å².